The average molecular weight is 385 g/mol. The number of anilines is 4. The third kappa shape index (κ3) is 3.18. The molecule has 0 aliphatic carbocycles. The minimum absolute atomic E-state index is 0.652. The van der Waals surface area contributed by atoms with Gasteiger partial charge in [0.2, 0.25) is 5.95 Å². The van der Waals surface area contributed by atoms with Gasteiger partial charge in [-0.3, -0.25) is 9.36 Å². The van der Waals surface area contributed by atoms with Crippen molar-refractivity contribution in [2.75, 3.05) is 10.6 Å². The number of hydrogen-bond donors (Lipinski definition) is 3. The van der Waals surface area contributed by atoms with Gasteiger partial charge >= 0.3 is 0 Å². The van der Waals surface area contributed by atoms with Crippen LogP contribution in [0.4, 0.5) is 23.3 Å². The van der Waals surface area contributed by atoms with E-state index in [1.54, 1.807) is 28.0 Å². The van der Waals surface area contributed by atoms with E-state index in [1.807, 2.05) is 56.6 Å². The van der Waals surface area contributed by atoms with E-state index in [0.29, 0.717) is 11.8 Å². The highest BCUT2D eigenvalue weighted by Gasteiger charge is 2.13. The Morgan fingerprint density at radius 2 is 1.86 bits per heavy atom. The third-order valence-electron chi connectivity index (χ3n) is 4.66. The van der Waals surface area contributed by atoms with Gasteiger partial charge in [-0.2, -0.15) is 10.2 Å². The first-order valence-electron chi connectivity index (χ1n) is 9.13. The first-order chi connectivity index (χ1) is 14.2. The molecule has 144 valence electrons. The molecule has 9 nitrogen and oxygen atoms in total. The first kappa shape index (κ1) is 17.0. The van der Waals surface area contributed by atoms with Crippen molar-refractivity contribution in [3.63, 3.8) is 0 Å². The lowest BCUT2D eigenvalue weighted by molar-refractivity contribution is 0.777. The lowest BCUT2D eigenvalue weighted by Crippen LogP contribution is -2.03. The summed E-state index contributed by atoms with van der Waals surface area (Å²) < 4.78 is 3.55. The Bertz CT molecular complexity index is 1270. The van der Waals surface area contributed by atoms with Gasteiger partial charge in [0.15, 0.2) is 5.65 Å². The van der Waals surface area contributed by atoms with Crippen LogP contribution in [0.15, 0.2) is 61.1 Å². The molecule has 0 bridgehead atoms. The average Bonchev–Trinajstić information content (AvgIpc) is 3.45. The van der Waals surface area contributed by atoms with Crippen LogP contribution >= 0.6 is 0 Å². The number of rotatable bonds is 5. The zero-order valence-electron chi connectivity index (χ0n) is 16.0. The van der Waals surface area contributed by atoms with Crippen LogP contribution < -0.4 is 10.6 Å². The minimum atomic E-state index is 0.652. The van der Waals surface area contributed by atoms with Crippen molar-refractivity contribution in [2.24, 2.45) is 14.1 Å². The van der Waals surface area contributed by atoms with Crippen molar-refractivity contribution in [2.45, 2.75) is 0 Å². The van der Waals surface area contributed by atoms with E-state index in [0.717, 1.165) is 33.8 Å². The van der Waals surface area contributed by atoms with E-state index >= 15 is 0 Å². The first-order valence-corrected chi connectivity index (χ1v) is 9.13. The summed E-state index contributed by atoms with van der Waals surface area (Å²) in [5.74, 6) is 2.17. The van der Waals surface area contributed by atoms with E-state index < -0.39 is 0 Å². The molecule has 5 rings (SSSR count). The third-order valence-corrected chi connectivity index (χ3v) is 4.66. The van der Waals surface area contributed by atoms with E-state index in [1.165, 1.54) is 0 Å². The van der Waals surface area contributed by atoms with Gasteiger partial charge in [0, 0.05) is 44.2 Å². The molecule has 0 saturated carbocycles. The molecule has 9 heteroatoms. The second-order valence-electron chi connectivity index (χ2n) is 6.65. The van der Waals surface area contributed by atoms with Gasteiger partial charge in [-0.25, -0.2) is 9.97 Å². The summed E-state index contributed by atoms with van der Waals surface area (Å²) in [6.45, 7) is 0. The van der Waals surface area contributed by atoms with Crippen molar-refractivity contribution in [3.05, 3.63) is 61.1 Å². The lowest BCUT2D eigenvalue weighted by atomic mass is 10.1. The molecule has 0 fully saturated rings. The maximum atomic E-state index is 4.72. The van der Waals surface area contributed by atoms with Crippen molar-refractivity contribution < 1.29 is 0 Å². The summed E-state index contributed by atoms with van der Waals surface area (Å²) in [7, 11) is 3.77. The Morgan fingerprint density at radius 1 is 1.00 bits per heavy atom. The molecule has 0 atom stereocenters. The van der Waals surface area contributed by atoms with Crippen molar-refractivity contribution in [1.29, 1.82) is 0 Å². The summed E-state index contributed by atoms with van der Waals surface area (Å²) in [5.41, 5.74) is 3.57. The van der Waals surface area contributed by atoms with E-state index in [4.69, 9.17) is 4.98 Å². The Kier molecular flexibility index (Phi) is 3.98. The van der Waals surface area contributed by atoms with Gasteiger partial charge in [0.1, 0.15) is 11.6 Å². The van der Waals surface area contributed by atoms with Crippen LogP contribution in [0.5, 0.6) is 0 Å². The maximum Gasteiger partial charge on any atom is 0.204 e. The van der Waals surface area contributed by atoms with Gasteiger partial charge in [-0.15, -0.1) is 0 Å². The summed E-state index contributed by atoms with van der Waals surface area (Å²) in [4.78, 5) is 12.0. The number of aromatic amines is 1. The summed E-state index contributed by atoms with van der Waals surface area (Å²) in [6.07, 6.45) is 5.25. The topological polar surface area (TPSA) is 101 Å². The van der Waals surface area contributed by atoms with Gasteiger partial charge in [-0.1, -0.05) is 30.3 Å². The van der Waals surface area contributed by atoms with Crippen LogP contribution in [0.1, 0.15) is 0 Å². The van der Waals surface area contributed by atoms with Crippen LogP contribution in [0.2, 0.25) is 0 Å². The van der Waals surface area contributed by atoms with E-state index in [2.05, 4.69) is 30.8 Å². The highest BCUT2D eigenvalue weighted by atomic mass is 15.3. The van der Waals surface area contributed by atoms with Gasteiger partial charge < -0.3 is 15.6 Å². The molecule has 0 radical (unpaired) electrons. The number of aryl methyl sites for hydroxylation is 2. The number of H-pyrrole nitrogens is 1. The quantitative estimate of drug-likeness (QED) is 0.427. The standard InChI is InChI=1S/C20H19N9/c1-28-18(11-15(27-28)13-6-4-3-5-7-13)25-17-10-16(24-20-21-8-9-22-20)14-12-23-29(2)19(14)26-17/h3-12H,1-2H3,(H3,21,22,24,25,26). The molecule has 3 N–H and O–H groups in total. The molecular formula is C20H19N9. The molecule has 0 unspecified atom stereocenters. The van der Waals surface area contributed by atoms with Crippen LogP contribution in [0.25, 0.3) is 22.3 Å². The number of nitrogens with zero attached hydrogens (tertiary/aromatic N) is 6. The predicted octanol–water partition coefficient (Wildman–Crippen LogP) is 3.58. The molecule has 4 heterocycles. The normalized spacial score (nSPS) is 11.1. The second kappa shape index (κ2) is 6.79. The van der Waals surface area contributed by atoms with E-state index in [9.17, 15) is 0 Å². The lowest BCUT2D eigenvalue weighted by Gasteiger charge is -2.10. The molecular weight excluding hydrogens is 366 g/mol. The van der Waals surface area contributed by atoms with Crippen molar-refractivity contribution in [3.8, 4) is 11.3 Å². The van der Waals surface area contributed by atoms with Crippen LogP contribution in [0, 0.1) is 0 Å². The Labute approximate surface area is 166 Å². The monoisotopic (exact) mass is 385 g/mol. The number of benzene rings is 1. The summed E-state index contributed by atoms with van der Waals surface area (Å²) in [6, 6.07) is 14.0. The van der Waals surface area contributed by atoms with Crippen LogP contribution in [-0.2, 0) is 14.1 Å². The SMILES string of the molecule is Cn1nc(-c2ccccc2)cc1Nc1cc(Nc2ncc[nH]2)c2cnn(C)c2n1. The summed E-state index contributed by atoms with van der Waals surface area (Å²) in [5, 5.41) is 16.5. The van der Waals surface area contributed by atoms with Crippen LogP contribution in [0.3, 0.4) is 0 Å². The molecule has 0 spiro atoms. The number of pyridine rings is 1. The minimum Gasteiger partial charge on any atom is -0.331 e. The molecule has 5 aromatic rings. The van der Waals surface area contributed by atoms with Crippen molar-refractivity contribution in [1.82, 2.24) is 34.5 Å². The Hall–Kier alpha value is -4.14. The van der Waals surface area contributed by atoms with Gasteiger partial charge in [0.25, 0.3) is 0 Å². The molecule has 29 heavy (non-hydrogen) atoms. The van der Waals surface area contributed by atoms with Crippen molar-refractivity contribution >= 4 is 34.3 Å². The number of hydrogen-bond acceptors (Lipinski definition) is 6. The Morgan fingerprint density at radius 3 is 2.66 bits per heavy atom. The molecule has 0 amide bonds. The number of fused-ring (bicyclic) bond motifs is 1. The number of nitrogens with one attached hydrogen (secondary N) is 3. The fourth-order valence-corrected chi connectivity index (χ4v) is 3.21. The van der Waals surface area contributed by atoms with Gasteiger partial charge in [0.05, 0.1) is 23.0 Å². The Balaban J connectivity index is 1.52. The molecule has 1 aromatic carbocycles. The zero-order valence-corrected chi connectivity index (χ0v) is 16.0. The molecule has 0 aliphatic heterocycles. The maximum absolute atomic E-state index is 4.72. The van der Waals surface area contributed by atoms with E-state index in [-0.39, 0.29) is 0 Å². The second-order valence-corrected chi connectivity index (χ2v) is 6.65. The smallest absolute Gasteiger partial charge is 0.204 e. The largest absolute Gasteiger partial charge is 0.331 e. The number of aromatic nitrogens is 7. The highest BCUT2D eigenvalue weighted by molar-refractivity contribution is 5.92. The summed E-state index contributed by atoms with van der Waals surface area (Å²) >= 11 is 0. The fourth-order valence-electron chi connectivity index (χ4n) is 3.21. The molecule has 0 aliphatic rings. The number of imidazole rings is 1. The predicted molar refractivity (Wildman–Crippen MR) is 112 cm³/mol. The fraction of sp³-hybridized carbons (Fsp3) is 0.100. The van der Waals surface area contributed by atoms with Gasteiger partial charge in [-0.05, 0) is 0 Å². The molecule has 0 saturated heterocycles. The zero-order chi connectivity index (χ0) is 19.8. The van der Waals surface area contributed by atoms with Crippen LogP contribution in [-0.4, -0.2) is 34.5 Å². The highest BCUT2D eigenvalue weighted by Crippen LogP contribution is 2.29. The molecule has 4 aromatic heterocycles.